The largest absolute Gasteiger partial charge is 0.389 e. The van der Waals surface area contributed by atoms with Crippen LogP contribution in [0.5, 0.6) is 0 Å². The molecule has 0 bridgehead atoms. The third kappa shape index (κ3) is 2.23. The molecular weight excluding hydrogens is 240 g/mol. The van der Waals surface area contributed by atoms with Crippen molar-refractivity contribution in [2.24, 2.45) is 5.73 Å². The molecule has 1 aromatic heterocycles. The van der Waals surface area contributed by atoms with Crippen molar-refractivity contribution in [2.45, 2.75) is 33.1 Å². The maximum Gasteiger partial charge on any atom is 0.104 e. The normalized spacial score (nSPS) is 11.1. The Bertz CT molecular complexity index is 603. The number of rotatable bonds is 3. The number of benzene rings is 1. The smallest absolute Gasteiger partial charge is 0.104 e. The zero-order valence-electron chi connectivity index (χ0n) is 11.0. The molecule has 3 heteroatoms. The Balaban J connectivity index is 2.85. The summed E-state index contributed by atoms with van der Waals surface area (Å²) in [4.78, 5) is 5.22. The summed E-state index contributed by atoms with van der Waals surface area (Å²) in [5.41, 5.74) is 10.1. The Labute approximate surface area is 113 Å². The highest BCUT2D eigenvalue weighted by Gasteiger charge is 2.12. The van der Waals surface area contributed by atoms with Gasteiger partial charge in [-0.3, -0.25) is 4.98 Å². The first-order valence-electron chi connectivity index (χ1n) is 6.27. The van der Waals surface area contributed by atoms with E-state index in [-0.39, 0.29) is 0 Å². The van der Waals surface area contributed by atoms with Crippen LogP contribution in [0, 0.1) is 0 Å². The molecule has 0 radical (unpaired) electrons. The van der Waals surface area contributed by atoms with E-state index in [2.05, 4.69) is 26.8 Å². The predicted molar refractivity (Wildman–Crippen MR) is 81.1 cm³/mol. The Morgan fingerprint density at radius 3 is 2.67 bits per heavy atom. The van der Waals surface area contributed by atoms with Crippen LogP contribution in [0.15, 0.2) is 24.3 Å². The lowest BCUT2D eigenvalue weighted by molar-refractivity contribution is 0.828. The molecule has 0 aliphatic carbocycles. The number of nitrogens with two attached hydrogens (primary N) is 1. The number of aromatic nitrogens is 1. The fourth-order valence-electron chi connectivity index (χ4n) is 2.11. The van der Waals surface area contributed by atoms with Crippen LogP contribution in [0.2, 0.25) is 0 Å². The molecule has 2 nitrogen and oxygen atoms in total. The molecule has 0 fully saturated rings. The summed E-state index contributed by atoms with van der Waals surface area (Å²) in [5, 5.41) is 1.06. The molecule has 0 saturated heterocycles. The first kappa shape index (κ1) is 13.0. The summed E-state index contributed by atoms with van der Waals surface area (Å²) < 4.78 is 0. The van der Waals surface area contributed by atoms with Crippen molar-refractivity contribution in [3.05, 3.63) is 41.1 Å². The average molecular weight is 258 g/mol. The van der Waals surface area contributed by atoms with Crippen LogP contribution in [0.3, 0.4) is 0 Å². The van der Waals surface area contributed by atoms with Crippen molar-refractivity contribution >= 4 is 28.1 Å². The van der Waals surface area contributed by atoms with Gasteiger partial charge in [0.05, 0.1) is 5.52 Å². The molecule has 2 aromatic rings. The fourth-order valence-corrected chi connectivity index (χ4v) is 2.28. The van der Waals surface area contributed by atoms with Gasteiger partial charge in [0.15, 0.2) is 0 Å². The topological polar surface area (TPSA) is 38.9 Å². The van der Waals surface area contributed by atoms with Gasteiger partial charge >= 0.3 is 0 Å². The molecule has 0 unspecified atom stereocenters. The third-order valence-corrected chi connectivity index (χ3v) is 3.40. The van der Waals surface area contributed by atoms with Crippen molar-refractivity contribution < 1.29 is 0 Å². The van der Waals surface area contributed by atoms with E-state index in [1.54, 1.807) is 0 Å². The maximum absolute atomic E-state index is 5.84. The van der Waals surface area contributed by atoms with Crippen molar-refractivity contribution in [1.29, 1.82) is 0 Å². The Morgan fingerprint density at radius 2 is 2.11 bits per heavy atom. The van der Waals surface area contributed by atoms with E-state index >= 15 is 0 Å². The van der Waals surface area contributed by atoms with Crippen molar-refractivity contribution in [3.63, 3.8) is 0 Å². The molecule has 1 aromatic carbocycles. The number of thiocarbonyl (C=S) groups is 1. The highest BCUT2D eigenvalue weighted by Crippen LogP contribution is 2.25. The van der Waals surface area contributed by atoms with E-state index in [0.717, 1.165) is 28.6 Å². The van der Waals surface area contributed by atoms with Crippen LogP contribution in [0.1, 0.15) is 43.5 Å². The number of pyridine rings is 1. The molecule has 2 N–H and O–H groups in total. The first-order chi connectivity index (χ1) is 8.54. The Hall–Kier alpha value is -1.48. The van der Waals surface area contributed by atoms with E-state index in [0.29, 0.717) is 10.9 Å². The monoisotopic (exact) mass is 258 g/mol. The predicted octanol–water partition coefficient (Wildman–Crippen LogP) is 3.55. The van der Waals surface area contributed by atoms with E-state index in [9.17, 15) is 0 Å². The number of hydrogen-bond donors (Lipinski definition) is 1. The molecule has 2 rings (SSSR count). The van der Waals surface area contributed by atoms with Crippen LogP contribution in [0.25, 0.3) is 10.9 Å². The average Bonchev–Trinajstić information content (AvgIpc) is 2.36. The second-order valence-electron chi connectivity index (χ2n) is 4.78. The minimum absolute atomic E-state index is 0.368. The standard InChI is InChI=1S/C15H18N2S/c1-4-10-6-5-7-11-12(15(16)18)8-13(9(2)3)17-14(10)11/h5-9H,4H2,1-3H3,(H2,16,18). The van der Waals surface area contributed by atoms with Crippen LogP contribution >= 0.6 is 12.2 Å². The minimum atomic E-state index is 0.368. The summed E-state index contributed by atoms with van der Waals surface area (Å²) in [6.45, 7) is 6.40. The molecule has 0 aliphatic rings. The Kier molecular flexibility index (Phi) is 3.62. The number of nitrogens with zero attached hydrogens (tertiary/aromatic N) is 1. The van der Waals surface area contributed by atoms with Gasteiger partial charge in [-0.15, -0.1) is 0 Å². The fraction of sp³-hybridized carbons (Fsp3) is 0.333. The molecule has 0 aliphatic heterocycles. The maximum atomic E-state index is 5.84. The number of fused-ring (bicyclic) bond motifs is 1. The third-order valence-electron chi connectivity index (χ3n) is 3.18. The molecular formula is C15H18N2S. The van der Waals surface area contributed by atoms with Gasteiger partial charge in [0, 0.05) is 16.6 Å². The van der Waals surface area contributed by atoms with E-state index < -0.39 is 0 Å². The molecule has 0 saturated carbocycles. The van der Waals surface area contributed by atoms with Gasteiger partial charge in [-0.2, -0.15) is 0 Å². The molecule has 94 valence electrons. The number of aryl methyl sites for hydroxylation is 1. The van der Waals surface area contributed by atoms with Gasteiger partial charge in [0.25, 0.3) is 0 Å². The van der Waals surface area contributed by atoms with E-state index in [1.165, 1.54) is 5.56 Å². The molecule has 18 heavy (non-hydrogen) atoms. The first-order valence-corrected chi connectivity index (χ1v) is 6.67. The molecule has 0 spiro atoms. The van der Waals surface area contributed by atoms with Crippen molar-refractivity contribution in [2.75, 3.05) is 0 Å². The Morgan fingerprint density at radius 1 is 1.39 bits per heavy atom. The van der Waals surface area contributed by atoms with E-state index in [4.69, 9.17) is 22.9 Å². The van der Waals surface area contributed by atoms with E-state index in [1.807, 2.05) is 18.2 Å². The van der Waals surface area contributed by atoms with Crippen LogP contribution < -0.4 is 5.73 Å². The van der Waals surface area contributed by atoms with Crippen LogP contribution in [0.4, 0.5) is 0 Å². The van der Waals surface area contributed by atoms with Gasteiger partial charge in [0.1, 0.15) is 4.99 Å². The minimum Gasteiger partial charge on any atom is -0.389 e. The summed E-state index contributed by atoms with van der Waals surface area (Å²) >= 11 is 5.17. The zero-order chi connectivity index (χ0) is 13.3. The summed E-state index contributed by atoms with van der Waals surface area (Å²) in [7, 11) is 0. The van der Waals surface area contributed by atoms with Gasteiger partial charge in [-0.1, -0.05) is 51.2 Å². The van der Waals surface area contributed by atoms with Crippen LogP contribution in [-0.4, -0.2) is 9.97 Å². The van der Waals surface area contributed by atoms with Gasteiger partial charge in [-0.25, -0.2) is 0 Å². The van der Waals surface area contributed by atoms with Gasteiger partial charge in [0.2, 0.25) is 0 Å². The van der Waals surface area contributed by atoms with Gasteiger partial charge < -0.3 is 5.73 Å². The quantitative estimate of drug-likeness (QED) is 0.856. The molecule has 0 atom stereocenters. The molecule has 1 heterocycles. The highest BCUT2D eigenvalue weighted by atomic mass is 32.1. The number of para-hydroxylation sites is 1. The summed E-state index contributed by atoms with van der Waals surface area (Å²) in [6.07, 6.45) is 0.961. The number of hydrogen-bond acceptors (Lipinski definition) is 2. The van der Waals surface area contributed by atoms with Crippen molar-refractivity contribution in [3.8, 4) is 0 Å². The lowest BCUT2D eigenvalue weighted by Gasteiger charge is -2.13. The highest BCUT2D eigenvalue weighted by molar-refractivity contribution is 7.80. The SMILES string of the molecule is CCc1cccc2c(C(N)=S)cc(C(C)C)nc12. The molecule has 0 amide bonds. The van der Waals surface area contributed by atoms with Crippen LogP contribution in [-0.2, 0) is 6.42 Å². The summed E-state index contributed by atoms with van der Waals surface area (Å²) in [6, 6.07) is 8.22. The second-order valence-corrected chi connectivity index (χ2v) is 5.22. The lowest BCUT2D eigenvalue weighted by atomic mass is 9.99. The van der Waals surface area contributed by atoms with Crippen molar-refractivity contribution in [1.82, 2.24) is 4.98 Å². The summed E-state index contributed by atoms with van der Waals surface area (Å²) in [5.74, 6) is 0.368. The van der Waals surface area contributed by atoms with Gasteiger partial charge in [-0.05, 0) is 24.0 Å². The second kappa shape index (κ2) is 5.02. The lowest BCUT2D eigenvalue weighted by Crippen LogP contribution is -2.12. The zero-order valence-corrected chi connectivity index (χ0v) is 11.8.